The summed E-state index contributed by atoms with van der Waals surface area (Å²) in [5, 5.41) is 31.7. The highest BCUT2D eigenvalue weighted by molar-refractivity contribution is 6.32. The van der Waals surface area contributed by atoms with Crippen LogP contribution in [0.15, 0.2) is 72.8 Å². The van der Waals surface area contributed by atoms with Crippen molar-refractivity contribution in [3.05, 3.63) is 121 Å². The number of ether oxygens (including phenoxy) is 3. The second-order valence-electron chi connectivity index (χ2n) is 11.8. The molecular formula is C35H35ClN8O11. The Balaban J connectivity index is 1.27. The zero-order valence-electron chi connectivity index (χ0n) is 29.6. The van der Waals surface area contributed by atoms with Crippen molar-refractivity contribution in [2.75, 3.05) is 13.2 Å². The third-order valence-electron chi connectivity index (χ3n) is 7.90. The summed E-state index contributed by atoms with van der Waals surface area (Å²) < 4.78 is 17.6. The van der Waals surface area contributed by atoms with Crippen molar-refractivity contribution in [1.29, 1.82) is 0 Å². The van der Waals surface area contributed by atoms with Gasteiger partial charge in [0.1, 0.15) is 18.2 Å². The summed E-state index contributed by atoms with van der Waals surface area (Å²) >= 11 is 6.44. The van der Waals surface area contributed by atoms with E-state index in [-0.39, 0.29) is 55.2 Å². The Bertz CT molecular complexity index is 2120. The molecule has 2 heterocycles. The normalized spacial score (nSPS) is 11.4. The topological polar surface area (TPSA) is 228 Å². The average Bonchev–Trinajstić information content (AvgIpc) is 3.78. The van der Waals surface area contributed by atoms with Crippen LogP contribution in [0.2, 0.25) is 5.15 Å². The third-order valence-corrected chi connectivity index (χ3v) is 8.16. The molecule has 2 aromatic heterocycles. The molecule has 0 bridgehead atoms. The van der Waals surface area contributed by atoms with Gasteiger partial charge in [-0.2, -0.15) is 0 Å². The van der Waals surface area contributed by atoms with Crippen LogP contribution in [-0.2, 0) is 38.7 Å². The second-order valence-corrected chi connectivity index (χ2v) is 12.2. The third kappa shape index (κ3) is 10.9. The largest absolute Gasteiger partial charge is 0.515 e. The van der Waals surface area contributed by atoms with Crippen LogP contribution in [0.25, 0.3) is 22.5 Å². The number of benzene rings is 3. The number of aromatic nitrogens is 6. The van der Waals surface area contributed by atoms with Crippen molar-refractivity contribution in [2.24, 2.45) is 0 Å². The molecule has 5 rings (SSSR count). The van der Waals surface area contributed by atoms with E-state index in [0.717, 1.165) is 34.3 Å². The number of hydrogen-bond acceptors (Lipinski definition) is 15. The molecule has 3 aromatic carbocycles. The first-order valence-electron chi connectivity index (χ1n) is 16.9. The Kier molecular flexibility index (Phi) is 13.6. The molecule has 0 saturated carbocycles. The highest BCUT2D eigenvalue weighted by Gasteiger charge is 2.24. The quantitative estimate of drug-likeness (QED) is 0.0288. The fourth-order valence-corrected chi connectivity index (χ4v) is 5.59. The minimum atomic E-state index is -1.06. The minimum absolute atomic E-state index is 0.00748. The molecule has 0 spiro atoms. The summed E-state index contributed by atoms with van der Waals surface area (Å²) in [5.41, 5.74) is 3.63. The molecular weight excluding hydrogens is 744 g/mol. The number of tetrazole rings is 1. The molecule has 0 fully saturated rings. The number of esters is 1. The van der Waals surface area contributed by atoms with Gasteiger partial charge in [-0.15, -0.1) is 35.2 Å². The van der Waals surface area contributed by atoms with Crippen LogP contribution in [0.4, 0.5) is 4.79 Å². The maximum atomic E-state index is 13.1. The lowest BCUT2D eigenvalue weighted by Gasteiger charge is -2.13. The van der Waals surface area contributed by atoms with E-state index in [9.17, 15) is 29.8 Å². The van der Waals surface area contributed by atoms with Gasteiger partial charge in [-0.05, 0) is 52.9 Å². The summed E-state index contributed by atoms with van der Waals surface area (Å²) in [7, 11) is 0. The minimum Gasteiger partial charge on any atom is -0.461 e. The maximum Gasteiger partial charge on any atom is 0.515 e. The van der Waals surface area contributed by atoms with Crippen molar-refractivity contribution in [3.8, 4) is 28.3 Å². The lowest BCUT2D eigenvalue weighted by molar-refractivity contribution is -0.763. The Morgan fingerprint density at radius 2 is 1.65 bits per heavy atom. The fraction of sp³-hybridized carbons (Fsp3) is 0.314. The standard InChI is InChI=1S/C35H35ClN8O11/c1-3-4-13-30-37-32(36)31(34(45)51-18-8-19-52-43(47)48)41(30)21-24-14-16-26(17-15-24)28-11-5-6-12-29(28)33-38-40-42(39-33)23(2)54-35(46)55-27-10-7-9-25(20-27)22-53-44(49)50/h5-7,9-12,14-17,20,23H,3-4,8,13,18-19,21-22H2,1-2H3. The molecule has 0 saturated heterocycles. The Morgan fingerprint density at radius 1 is 0.909 bits per heavy atom. The van der Waals surface area contributed by atoms with Crippen LogP contribution in [0.1, 0.15) is 66.8 Å². The van der Waals surface area contributed by atoms with Gasteiger partial charge in [-0.25, -0.2) is 14.6 Å². The smallest absolute Gasteiger partial charge is 0.461 e. The van der Waals surface area contributed by atoms with Gasteiger partial charge >= 0.3 is 12.1 Å². The number of carbonyl (C=O) groups is 2. The fourth-order valence-electron chi connectivity index (χ4n) is 5.31. The van der Waals surface area contributed by atoms with Crippen LogP contribution >= 0.6 is 11.6 Å². The highest BCUT2D eigenvalue weighted by atomic mass is 35.5. The molecule has 0 aliphatic carbocycles. The second kappa shape index (κ2) is 18.9. The molecule has 0 aliphatic heterocycles. The number of rotatable bonds is 19. The van der Waals surface area contributed by atoms with Crippen LogP contribution in [0.5, 0.6) is 5.75 Å². The number of unbranched alkanes of at least 4 members (excludes halogenated alkanes) is 1. The van der Waals surface area contributed by atoms with Gasteiger partial charge in [0.2, 0.25) is 12.1 Å². The number of nitrogens with zero attached hydrogens (tertiary/aromatic N) is 8. The molecule has 288 valence electrons. The van der Waals surface area contributed by atoms with E-state index in [1.165, 1.54) is 19.1 Å². The van der Waals surface area contributed by atoms with Crippen LogP contribution in [0.3, 0.4) is 0 Å². The van der Waals surface area contributed by atoms with Gasteiger partial charge in [0.15, 0.2) is 10.8 Å². The van der Waals surface area contributed by atoms with Crippen LogP contribution in [0, 0.1) is 20.2 Å². The van der Waals surface area contributed by atoms with Crippen molar-refractivity contribution in [2.45, 2.75) is 58.9 Å². The Morgan fingerprint density at radius 3 is 2.38 bits per heavy atom. The molecule has 19 nitrogen and oxygen atoms in total. The van der Waals surface area contributed by atoms with Gasteiger partial charge in [-0.3, -0.25) is 0 Å². The van der Waals surface area contributed by atoms with E-state index in [1.807, 2.05) is 55.5 Å². The van der Waals surface area contributed by atoms with Gasteiger partial charge in [-0.1, -0.05) is 85.6 Å². The Labute approximate surface area is 317 Å². The van der Waals surface area contributed by atoms with E-state index < -0.39 is 28.5 Å². The SMILES string of the molecule is CCCCc1nc(Cl)c(C(=O)OCCCO[N+](=O)[O-])n1Cc1ccc(-c2ccccc2-c2nnn(C(C)OC(=O)Oc3cccc(CO[N+](=O)[O-])c3)n2)cc1. The van der Waals surface area contributed by atoms with E-state index in [0.29, 0.717) is 23.4 Å². The van der Waals surface area contributed by atoms with E-state index >= 15 is 0 Å². The lowest BCUT2D eigenvalue weighted by Crippen LogP contribution is -2.19. The molecule has 5 aromatic rings. The van der Waals surface area contributed by atoms with Gasteiger partial charge < -0.3 is 28.5 Å². The van der Waals surface area contributed by atoms with E-state index in [1.54, 1.807) is 16.7 Å². The molecule has 20 heteroatoms. The first-order valence-corrected chi connectivity index (χ1v) is 17.3. The summed E-state index contributed by atoms with van der Waals surface area (Å²) in [4.78, 5) is 60.6. The predicted molar refractivity (Wildman–Crippen MR) is 192 cm³/mol. The molecule has 0 amide bonds. The first kappa shape index (κ1) is 39.6. The van der Waals surface area contributed by atoms with Gasteiger partial charge in [0, 0.05) is 24.9 Å². The number of hydrogen-bond donors (Lipinski definition) is 0. The zero-order chi connectivity index (χ0) is 39.3. The average molecular weight is 779 g/mol. The lowest BCUT2D eigenvalue weighted by atomic mass is 9.98. The summed E-state index contributed by atoms with van der Waals surface area (Å²) in [5.74, 6) is 0.290. The number of carbonyl (C=O) groups excluding carboxylic acids is 2. The zero-order valence-corrected chi connectivity index (χ0v) is 30.4. The maximum absolute atomic E-state index is 13.1. The van der Waals surface area contributed by atoms with Crippen LogP contribution < -0.4 is 4.74 Å². The van der Waals surface area contributed by atoms with Gasteiger partial charge in [0.05, 0.1) is 13.2 Å². The predicted octanol–water partition coefficient (Wildman–Crippen LogP) is 6.45. The van der Waals surface area contributed by atoms with Crippen molar-refractivity contribution >= 4 is 23.7 Å². The monoisotopic (exact) mass is 778 g/mol. The van der Waals surface area contributed by atoms with Crippen molar-refractivity contribution < 1.29 is 43.6 Å². The summed E-state index contributed by atoms with van der Waals surface area (Å²) in [6, 6.07) is 21.1. The molecule has 1 atom stereocenters. The highest BCUT2D eigenvalue weighted by Crippen LogP contribution is 2.31. The van der Waals surface area contributed by atoms with Gasteiger partial charge in [0.25, 0.3) is 10.2 Å². The van der Waals surface area contributed by atoms with E-state index in [4.69, 9.17) is 25.8 Å². The Hall–Kier alpha value is -6.63. The molecule has 1 unspecified atom stereocenters. The number of aryl methyl sites for hydroxylation is 1. The molecule has 0 N–H and O–H groups in total. The number of imidazole rings is 1. The summed E-state index contributed by atoms with van der Waals surface area (Å²) in [6.07, 6.45) is 0.369. The first-order chi connectivity index (χ1) is 26.5. The van der Waals surface area contributed by atoms with Crippen molar-refractivity contribution in [1.82, 2.24) is 29.8 Å². The number of halogens is 1. The molecule has 0 radical (unpaired) electrons. The van der Waals surface area contributed by atoms with E-state index in [2.05, 4.69) is 30.1 Å². The molecule has 55 heavy (non-hydrogen) atoms. The van der Waals surface area contributed by atoms with Crippen molar-refractivity contribution in [3.63, 3.8) is 0 Å². The van der Waals surface area contributed by atoms with Crippen LogP contribution in [-0.4, -0.2) is 65.3 Å². The summed E-state index contributed by atoms with van der Waals surface area (Å²) in [6.45, 7) is 3.21. The molecule has 0 aliphatic rings.